The van der Waals surface area contributed by atoms with Crippen LogP contribution in [-0.4, -0.2) is 29.3 Å². The molecule has 1 heterocycles. The molecule has 7 heteroatoms. The van der Waals surface area contributed by atoms with Gasteiger partial charge in [0.15, 0.2) is 0 Å². The van der Waals surface area contributed by atoms with E-state index in [0.29, 0.717) is 6.54 Å². The first-order chi connectivity index (χ1) is 11.0. The highest BCUT2D eigenvalue weighted by atomic mass is 19.3. The summed E-state index contributed by atoms with van der Waals surface area (Å²) in [4.78, 5) is 27.6. The summed E-state index contributed by atoms with van der Waals surface area (Å²) in [5.41, 5.74) is 0.757. The van der Waals surface area contributed by atoms with Crippen molar-refractivity contribution in [3.05, 3.63) is 30.1 Å². The highest BCUT2D eigenvalue weighted by Crippen LogP contribution is 2.36. The molecule has 1 fully saturated rings. The largest absolute Gasteiger partial charge is 0.355 e. The van der Waals surface area contributed by atoms with E-state index in [1.165, 1.54) is 0 Å². The molecule has 5 nitrogen and oxygen atoms in total. The average molecular weight is 325 g/mol. The first kappa shape index (κ1) is 17.3. The predicted octanol–water partition coefficient (Wildman–Crippen LogP) is 2.03. The summed E-state index contributed by atoms with van der Waals surface area (Å²) in [7, 11) is 0. The van der Waals surface area contributed by atoms with Crippen molar-refractivity contribution in [3.8, 4) is 0 Å². The van der Waals surface area contributed by atoms with Crippen LogP contribution < -0.4 is 10.6 Å². The number of rotatable bonds is 6. The summed E-state index contributed by atoms with van der Waals surface area (Å²) in [6.45, 7) is 0.547. The lowest BCUT2D eigenvalue weighted by Gasteiger charge is -2.27. The van der Waals surface area contributed by atoms with Crippen LogP contribution in [0, 0.1) is 5.92 Å². The van der Waals surface area contributed by atoms with Gasteiger partial charge in [-0.1, -0.05) is 6.07 Å². The van der Waals surface area contributed by atoms with E-state index < -0.39 is 5.92 Å². The van der Waals surface area contributed by atoms with Crippen molar-refractivity contribution in [3.63, 3.8) is 0 Å². The van der Waals surface area contributed by atoms with E-state index in [1.807, 2.05) is 6.07 Å². The van der Waals surface area contributed by atoms with Crippen molar-refractivity contribution in [1.29, 1.82) is 0 Å². The van der Waals surface area contributed by atoms with Gasteiger partial charge in [-0.15, -0.1) is 0 Å². The minimum Gasteiger partial charge on any atom is -0.355 e. The second-order valence-corrected chi connectivity index (χ2v) is 5.77. The number of alkyl halides is 2. The Bertz CT molecular complexity index is 527. The monoisotopic (exact) mass is 325 g/mol. The summed E-state index contributed by atoms with van der Waals surface area (Å²) < 4.78 is 26.1. The number of aromatic nitrogens is 1. The van der Waals surface area contributed by atoms with E-state index in [2.05, 4.69) is 15.6 Å². The van der Waals surface area contributed by atoms with Crippen molar-refractivity contribution >= 4 is 11.8 Å². The molecule has 2 rings (SSSR count). The van der Waals surface area contributed by atoms with E-state index in [0.717, 1.165) is 5.69 Å². The van der Waals surface area contributed by atoms with Crippen LogP contribution in [0.2, 0.25) is 0 Å². The summed E-state index contributed by atoms with van der Waals surface area (Å²) in [5.74, 6) is -3.43. The van der Waals surface area contributed by atoms with Gasteiger partial charge in [0.05, 0.1) is 12.2 Å². The Labute approximate surface area is 133 Å². The van der Waals surface area contributed by atoms with E-state index >= 15 is 0 Å². The smallest absolute Gasteiger partial charge is 0.248 e. The number of halogens is 2. The van der Waals surface area contributed by atoms with Crippen LogP contribution in [0.15, 0.2) is 24.4 Å². The van der Waals surface area contributed by atoms with Crippen molar-refractivity contribution < 1.29 is 18.4 Å². The molecule has 1 aliphatic rings. The van der Waals surface area contributed by atoms with Gasteiger partial charge < -0.3 is 10.6 Å². The molecular formula is C16H21F2N3O2. The van der Waals surface area contributed by atoms with Crippen LogP contribution >= 0.6 is 0 Å². The van der Waals surface area contributed by atoms with Crippen LogP contribution in [0.25, 0.3) is 0 Å². The van der Waals surface area contributed by atoms with Crippen molar-refractivity contribution in [2.24, 2.45) is 5.92 Å². The van der Waals surface area contributed by atoms with Gasteiger partial charge in [-0.25, -0.2) is 8.78 Å². The van der Waals surface area contributed by atoms with Gasteiger partial charge >= 0.3 is 0 Å². The summed E-state index contributed by atoms with van der Waals surface area (Å²) in [6, 6.07) is 5.44. The molecule has 0 unspecified atom stereocenters. The van der Waals surface area contributed by atoms with Crippen LogP contribution in [0.5, 0.6) is 0 Å². The van der Waals surface area contributed by atoms with Crippen LogP contribution in [0.1, 0.15) is 37.8 Å². The Morgan fingerprint density at radius 3 is 2.61 bits per heavy atom. The lowest BCUT2D eigenvalue weighted by atomic mass is 9.86. The van der Waals surface area contributed by atoms with Crippen LogP contribution in [0.4, 0.5) is 8.78 Å². The third-order valence-corrected chi connectivity index (χ3v) is 3.93. The summed E-state index contributed by atoms with van der Waals surface area (Å²) >= 11 is 0. The molecule has 0 saturated heterocycles. The second kappa shape index (κ2) is 7.99. The van der Waals surface area contributed by atoms with E-state index in [-0.39, 0.29) is 56.4 Å². The number of carbonyl (C=O) groups excluding carboxylic acids is 2. The molecule has 0 radical (unpaired) electrons. The molecular weight excluding hydrogens is 304 g/mol. The fourth-order valence-electron chi connectivity index (χ4n) is 2.53. The molecule has 2 amide bonds. The molecule has 0 spiro atoms. The standard InChI is InChI=1S/C16H21F2N3O2/c17-16(18)7-4-12(5-8-16)15(23)20-10-6-14(22)21-11-13-3-1-2-9-19-13/h1-3,9,12H,4-8,10-11H2,(H,20,23)(H,21,22). The zero-order chi connectivity index (χ0) is 16.7. The Kier molecular flexibility index (Phi) is 6.01. The number of pyridine rings is 1. The molecule has 0 bridgehead atoms. The Morgan fingerprint density at radius 2 is 1.96 bits per heavy atom. The molecule has 1 aromatic rings. The topological polar surface area (TPSA) is 71.1 Å². The van der Waals surface area contributed by atoms with Gasteiger partial charge in [0, 0.05) is 37.9 Å². The van der Waals surface area contributed by atoms with Gasteiger partial charge in [0.25, 0.3) is 0 Å². The third kappa shape index (κ3) is 5.92. The molecule has 0 aliphatic heterocycles. The second-order valence-electron chi connectivity index (χ2n) is 5.77. The van der Waals surface area contributed by atoms with Crippen LogP contribution in [-0.2, 0) is 16.1 Å². The molecule has 126 valence electrons. The quantitative estimate of drug-likeness (QED) is 0.841. The lowest BCUT2D eigenvalue weighted by Crippen LogP contribution is -2.37. The number of carbonyl (C=O) groups is 2. The van der Waals surface area contributed by atoms with Gasteiger partial charge in [-0.2, -0.15) is 0 Å². The minimum atomic E-state index is -2.64. The molecule has 1 aromatic heterocycles. The Balaban J connectivity index is 1.61. The van der Waals surface area contributed by atoms with Gasteiger partial charge in [-0.3, -0.25) is 14.6 Å². The maximum absolute atomic E-state index is 13.0. The first-order valence-electron chi connectivity index (χ1n) is 7.78. The zero-order valence-electron chi connectivity index (χ0n) is 12.9. The predicted molar refractivity (Wildman–Crippen MR) is 80.6 cm³/mol. The molecule has 0 aromatic carbocycles. The molecule has 1 saturated carbocycles. The van der Waals surface area contributed by atoms with Crippen molar-refractivity contribution in [1.82, 2.24) is 15.6 Å². The van der Waals surface area contributed by atoms with Gasteiger partial charge in [0.1, 0.15) is 0 Å². The Morgan fingerprint density at radius 1 is 1.22 bits per heavy atom. The number of amides is 2. The maximum Gasteiger partial charge on any atom is 0.248 e. The fourth-order valence-corrected chi connectivity index (χ4v) is 2.53. The van der Waals surface area contributed by atoms with Crippen LogP contribution in [0.3, 0.4) is 0 Å². The number of hydrogen-bond donors (Lipinski definition) is 2. The van der Waals surface area contributed by atoms with Gasteiger partial charge in [-0.05, 0) is 25.0 Å². The number of nitrogens with zero attached hydrogens (tertiary/aromatic N) is 1. The SMILES string of the molecule is O=C(CCNC(=O)C1CCC(F)(F)CC1)NCc1ccccn1. The third-order valence-electron chi connectivity index (χ3n) is 3.93. The molecule has 0 atom stereocenters. The van der Waals surface area contributed by atoms with E-state index in [1.54, 1.807) is 18.3 Å². The Hall–Kier alpha value is -2.05. The fraction of sp³-hybridized carbons (Fsp3) is 0.562. The van der Waals surface area contributed by atoms with Crippen molar-refractivity contribution in [2.45, 2.75) is 44.6 Å². The van der Waals surface area contributed by atoms with Crippen molar-refractivity contribution in [2.75, 3.05) is 6.54 Å². The highest BCUT2D eigenvalue weighted by Gasteiger charge is 2.37. The lowest BCUT2D eigenvalue weighted by molar-refractivity contribution is -0.129. The number of nitrogens with one attached hydrogen (secondary N) is 2. The summed E-state index contributed by atoms with van der Waals surface area (Å²) in [5, 5.41) is 5.36. The normalized spacial score (nSPS) is 17.5. The van der Waals surface area contributed by atoms with Gasteiger partial charge in [0.2, 0.25) is 17.7 Å². The highest BCUT2D eigenvalue weighted by molar-refractivity contribution is 5.80. The van der Waals surface area contributed by atoms with E-state index in [4.69, 9.17) is 0 Å². The maximum atomic E-state index is 13.0. The first-order valence-corrected chi connectivity index (χ1v) is 7.78. The molecule has 23 heavy (non-hydrogen) atoms. The number of hydrogen-bond acceptors (Lipinski definition) is 3. The average Bonchev–Trinajstić information content (AvgIpc) is 2.53. The molecule has 2 N–H and O–H groups in total. The molecule has 1 aliphatic carbocycles. The zero-order valence-corrected chi connectivity index (χ0v) is 12.9. The summed E-state index contributed by atoms with van der Waals surface area (Å²) in [6.07, 6.45) is 1.72. The minimum absolute atomic E-state index is 0.154. The van der Waals surface area contributed by atoms with E-state index in [9.17, 15) is 18.4 Å².